The van der Waals surface area contributed by atoms with Crippen LogP contribution in [0.15, 0.2) is 18.2 Å². The van der Waals surface area contributed by atoms with Gasteiger partial charge in [0.15, 0.2) is 0 Å². The molecular weight excluding hydrogens is 350 g/mol. The Morgan fingerprint density at radius 3 is 2.71 bits per heavy atom. The molecule has 1 heterocycles. The molecule has 0 bridgehead atoms. The number of nitrogens with zero attached hydrogens (tertiary/aromatic N) is 2. The van der Waals surface area contributed by atoms with E-state index in [-0.39, 0.29) is 5.91 Å². The molecule has 0 radical (unpaired) electrons. The molecule has 1 aliphatic heterocycles. The number of amides is 1. The summed E-state index contributed by atoms with van der Waals surface area (Å²) in [5.41, 5.74) is 2.69. The third-order valence-corrected chi connectivity index (χ3v) is 6.35. The fraction of sp³-hybridized carbons (Fsp3) is 0.696. The molecule has 0 aromatic heterocycles. The summed E-state index contributed by atoms with van der Waals surface area (Å²) in [5.74, 6) is 1.93. The van der Waals surface area contributed by atoms with Gasteiger partial charge in [-0.2, -0.15) is 0 Å². The zero-order valence-corrected chi connectivity index (χ0v) is 17.9. The predicted molar refractivity (Wildman–Crippen MR) is 114 cm³/mol. The largest absolute Gasteiger partial charge is 0.497 e. The van der Waals surface area contributed by atoms with Crippen molar-refractivity contribution in [3.63, 3.8) is 0 Å². The quantitative estimate of drug-likeness (QED) is 0.745. The first-order valence-electron chi connectivity index (χ1n) is 11.0. The lowest BCUT2D eigenvalue weighted by molar-refractivity contribution is -0.121. The average molecular weight is 388 g/mol. The maximum atomic E-state index is 12.6. The molecule has 28 heavy (non-hydrogen) atoms. The molecule has 156 valence electrons. The number of methoxy groups -OCH3 is 1. The van der Waals surface area contributed by atoms with Crippen LogP contribution in [0.4, 0.5) is 0 Å². The number of benzene rings is 1. The molecular formula is C23H37N3O2. The summed E-state index contributed by atoms with van der Waals surface area (Å²) in [4.78, 5) is 17.6. The van der Waals surface area contributed by atoms with Crippen LogP contribution in [0.5, 0.6) is 5.75 Å². The Morgan fingerprint density at radius 2 is 2.00 bits per heavy atom. The van der Waals surface area contributed by atoms with E-state index in [1.54, 1.807) is 7.11 Å². The molecule has 2 aliphatic rings. The molecule has 1 aliphatic carbocycles. The highest BCUT2D eigenvalue weighted by Crippen LogP contribution is 2.35. The molecule has 3 rings (SSSR count). The third-order valence-electron chi connectivity index (χ3n) is 6.35. The van der Waals surface area contributed by atoms with Gasteiger partial charge < -0.3 is 19.9 Å². The van der Waals surface area contributed by atoms with E-state index in [1.165, 1.54) is 24.2 Å². The van der Waals surface area contributed by atoms with E-state index < -0.39 is 0 Å². The van der Waals surface area contributed by atoms with Crippen molar-refractivity contribution in [1.82, 2.24) is 15.1 Å². The fourth-order valence-electron chi connectivity index (χ4n) is 4.61. The van der Waals surface area contributed by atoms with Gasteiger partial charge >= 0.3 is 0 Å². The van der Waals surface area contributed by atoms with E-state index in [2.05, 4.69) is 41.1 Å². The van der Waals surface area contributed by atoms with Crippen LogP contribution < -0.4 is 10.1 Å². The van der Waals surface area contributed by atoms with Crippen molar-refractivity contribution in [2.45, 2.75) is 45.4 Å². The number of carbonyl (C=O) groups is 1. The summed E-state index contributed by atoms with van der Waals surface area (Å²) >= 11 is 0. The Balaban J connectivity index is 1.42. The summed E-state index contributed by atoms with van der Waals surface area (Å²) in [6, 6.07) is 6.32. The highest BCUT2D eigenvalue weighted by atomic mass is 16.5. The maximum Gasteiger partial charge on any atom is 0.220 e. The Kier molecular flexibility index (Phi) is 7.74. The number of aryl methyl sites for hydroxylation is 1. The topological polar surface area (TPSA) is 44.8 Å². The van der Waals surface area contributed by atoms with Crippen LogP contribution in [0.3, 0.4) is 0 Å². The summed E-state index contributed by atoms with van der Waals surface area (Å²) in [5, 5.41) is 3.19. The van der Waals surface area contributed by atoms with Crippen molar-refractivity contribution >= 4 is 5.91 Å². The van der Waals surface area contributed by atoms with Crippen LogP contribution in [0.1, 0.15) is 50.2 Å². The van der Waals surface area contributed by atoms with Gasteiger partial charge in [-0.15, -0.1) is 0 Å². The van der Waals surface area contributed by atoms with Crippen molar-refractivity contribution in [2.75, 3.05) is 52.9 Å². The standard InChI is InChI=1S/C23H37N3O2/c1-4-25-10-12-26(13-11-25)17-18(2)16-24-23(27)15-20-7-5-6-19-14-21(28-3)8-9-22(19)20/h8-9,14,18,20H,4-7,10-13,15-17H2,1-3H3,(H,24,27). The lowest BCUT2D eigenvalue weighted by Crippen LogP contribution is -2.48. The van der Waals surface area contributed by atoms with E-state index in [1.807, 2.05) is 6.07 Å². The predicted octanol–water partition coefficient (Wildman–Crippen LogP) is 2.90. The monoisotopic (exact) mass is 387 g/mol. The molecule has 1 amide bonds. The molecule has 0 spiro atoms. The van der Waals surface area contributed by atoms with Crippen LogP contribution in [0, 0.1) is 5.92 Å². The number of nitrogens with one attached hydrogen (secondary N) is 1. The van der Waals surface area contributed by atoms with Crippen molar-refractivity contribution in [1.29, 1.82) is 0 Å². The number of hydrogen-bond donors (Lipinski definition) is 1. The first-order chi connectivity index (χ1) is 13.6. The molecule has 1 aromatic rings. The highest BCUT2D eigenvalue weighted by molar-refractivity contribution is 5.77. The second-order valence-corrected chi connectivity index (χ2v) is 8.50. The highest BCUT2D eigenvalue weighted by Gasteiger charge is 2.23. The minimum Gasteiger partial charge on any atom is -0.497 e. The average Bonchev–Trinajstić information content (AvgIpc) is 2.72. The number of piperazine rings is 1. The number of hydrogen-bond acceptors (Lipinski definition) is 4. The van der Waals surface area contributed by atoms with Gasteiger partial charge in [0.2, 0.25) is 5.91 Å². The van der Waals surface area contributed by atoms with Gasteiger partial charge in [0.25, 0.3) is 0 Å². The van der Waals surface area contributed by atoms with Gasteiger partial charge in [-0.05, 0) is 60.9 Å². The molecule has 1 fully saturated rings. The Labute approximate surface area is 170 Å². The summed E-state index contributed by atoms with van der Waals surface area (Å²) in [7, 11) is 1.71. The summed E-state index contributed by atoms with van der Waals surface area (Å²) in [6.07, 6.45) is 3.94. The van der Waals surface area contributed by atoms with E-state index in [0.717, 1.165) is 57.7 Å². The lowest BCUT2D eigenvalue weighted by atomic mass is 9.81. The fourth-order valence-corrected chi connectivity index (χ4v) is 4.61. The Morgan fingerprint density at radius 1 is 1.25 bits per heavy atom. The van der Waals surface area contributed by atoms with E-state index in [0.29, 0.717) is 18.3 Å². The molecule has 1 N–H and O–H groups in total. The molecule has 0 saturated carbocycles. The molecule has 5 heteroatoms. The van der Waals surface area contributed by atoms with Crippen LogP contribution in [0.25, 0.3) is 0 Å². The molecule has 5 nitrogen and oxygen atoms in total. The van der Waals surface area contributed by atoms with Crippen LogP contribution in [0.2, 0.25) is 0 Å². The zero-order valence-electron chi connectivity index (χ0n) is 17.9. The third kappa shape index (κ3) is 5.71. The summed E-state index contributed by atoms with van der Waals surface area (Å²) < 4.78 is 5.35. The van der Waals surface area contributed by atoms with E-state index in [9.17, 15) is 4.79 Å². The Bertz CT molecular complexity index is 641. The van der Waals surface area contributed by atoms with Crippen molar-refractivity contribution in [3.8, 4) is 5.75 Å². The molecule has 1 aromatic carbocycles. The SMILES string of the molecule is CCN1CCN(CC(C)CNC(=O)CC2CCCc3cc(OC)ccc32)CC1. The summed E-state index contributed by atoms with van der Waals surface area (Å²) in [6.45, 7) is 12.1. The van der Waals surface area contributed by atoms with Gasteiger partial charge in [-0.1, -0.05) is 19.9 Å². The number of carbonyl (C=O) groups excluding carboxylic acids is 1. The normalized spacial score (nSPS) is 21.8. The van der Waals surface area contributed by atoms with E-state index in [4.69, 9.17) is 4.74 Å². The smallest absolute Gasteiger partial charge is 0.220 e. The van der Waals surface area contributed by atoms with E-state index >= 15 is 0 Å². The van der Waals surface area contributed by atoms with Crippen molar-refractivity contribution < 1.29 is 9.53 Å². The number of fused-ring (bicyclic) bond motifs is 1. The van der Waals surface area contributed by atoms with Gasteiger partial charge in [0.1, 0.15) is 5.75 Å². The first-order valence-corrected chi connectivity index (χ1v) is 11.0. The lowest BCUT2D eigenvalue weighted by Gasteiger charge is -2.35. The first kappa shape index (κ1) is 21.1. The maximum absolute atomic E-state index is 12.6. The van der Waals surface area contributed by atoms with Gasteiger partial charge in [-0.3, -0.25) is 4.79 Å². The number of likely N-dealkylation sites (N-methyl/N-ethyl adjacent to an activating group) is 1. The van der Waals surface area contributed by atoms with Crippen LogP contribution in [-0.2, 0) is 11.2 Å². The molecule has 1 saturated heterocycles. The molecule has 2 atom stereocenters. The minimum absolute atomic E-state index is 0.191. The number of rotatable bonds is 8. The van der Waals surface area contributed by atoms with Crippen molar-refractivity contribution in [3.05, 3.63) is 29.3 Å². The van der Waals surface area contributed by atoms with Crippen LogP contribution >= 0.6 is 0 Å². The Hall–Kier alpha value is -1.59. The van der Waals surface area contributed by atoms with Crippen LogP contribution in [-0.4, -0.2) is 68.6 Å². The number of ether oxygens (including phenoxy) is 1. The second kappa shape index (κ2) is 10.3. The van der Waals surface area contributed by atoms with Crippen molar-refractivity contribution in [2.24, 2.45) is 5.92 Å². The van der Waals surface area contributed by atoms with Gasteiger partial charge in [-0.25, -0.2) is 0 Å². The molecule has 2 unspecified atom stereocenters. The zero-order chi connectivity index (χ0) is 19.9. The minimum atomic E-state index is 0.191. The van der Waals surface area contributed by atoms with Gasteiger partial charge in [0.05, 0.1) is 7.11 Å². The van der Waals surface area contributed by atoms with Gasteiger partial charge in [0, 0.05) is 45.7 Å². The second-order valence-electron chi connectivity index (χ2n) is 8.50.